The number of benzene rings is 1. The van der Waals surface area contributed by atoms with Crippen molar-refractivity contribution in [3.63, 3.8) is 0 Å². The minimum absolute atomic E-state index is 0.0215. The van der Waals surface area contributed by atoms with Crippen LogP contribution in [0.3, 0.4) is 0 Å². The third-order valence-electron chi connectivity index (χ3n) is 5.23. The second-order valence-electron chi connectivity index (χ2n) is 7.83. The molecule has 154 valence electrons. The number of morpholine rings is 1. The fourth-order valence-electron chi connectivity index (χ4n) is 4.03. The van der Waals surface area contributed by atoms with Crippen LogP contribution in [0.4, 0.5) is 10.8 Å². The van der Waals surface area contributed by atoms with Crippen LogP contribution in [0, 0.1) is 5.92 Å². The number of hydrogen-bond acceptors (Lipinski definition) is 6. The van der Waals surface area contributed by atoms with Gasteiger partial charge < -0.3 is 15.0 Å². The topological polar surface area (TPSA) is 74.8 Å². The van der Waals surface area contributed by atoms with Crippen molar-refractivity contribution in [2.75, 3.05) is 29.9 Å². The summed E-state index contributed by atoms with van der Waals surface area (Å²) in [6.45, 7) is 7.06. The van der Waals surface area contributed by atoms with Crippen LogP contribution in [0.25, 0.3) is 0 Å². The standard InChI is InChI=1S/C21H26N4O3S/c1-14-9-24(10-15(2)28-14)12-17-13-29-21(22-17)23-20(27)16-8-19(26)25(11-16)18-6-4-3-5-7-18/h3-7,13-16H,8-12H2,1-2H3,(H,22,23,27). The first-order chi connectivity index (χ1) is 14.0. The van der Waals surface area contributed by atoms with Crippen molar-refractivity contribution in [3.05, 3.63) is 41.4 Å². The Kier molecular flexibility index (Phi) is 5.94. The summed E-state index contributed by atoms with van der Waals surface area (Å²) >= 11 is 1.43. The van der Waals surface area contributed by atoms with E-state index in [0.29, 0.717) is 11.7 Å². The number of anilines is 2. The Bertz CT molecular complexity index is 862. The Balaban J connectivity index is 1.33. The first-order valence-electron chi connectivity index (χ1n) is 9.96. The van der Waals surface area contributed by atoms with Crippen LogP contribution < -0.4 is 10.2 Å². The summed E-state index contributed by atoms with van der Waals surface area (Å²) in [5.74, 6) is -0.533. The first-order valence-corrected chi connectivity index (χ1v) is 10.8. The zero-order valence-corrected chi connectivity index (χ0v) is 17.5. The van der Waals surface area contributed by atoms with Gasteiger partial charge in [-0.15, -0.1) is 11.3 Å². The highest BCUT2D eigenvalue weighted by Crippen LogP contribution is 2.26. The van der Waals surface area contributed by atoms with Crippen molar-refractivity contribution in [2.24, 2.45) is 5.92 Å². The van der Waals surface area contributed by atoms with E-state index in [1.54, 1.807) is 4.90 Å². The summed E-state index contributed by atoms with van der Waals surface area (Å²) in [6.07, 6.45) is 0.649. The Labute approximate surface area is 174 Å². The van der Waals surface area contributed by atoms with E-state index in [2.05, 4.69) is 29.0 Å². The van der Waals surface area contributed by atoms with Crippen LogP contribution >= 0.6 is 11.3 Å². The molecule has 1 aromatic heterocycles. The minimum Gasteiger partial charge on any atom is -0.373 e. The lowest BCUT2D eigenvalue weighted by Gasteiger charge is -2.34. The largest absolute Gasteiger partial charge is 0.373 e. The lowest BCUT2D eigenvalue weighted by molar-refractivity contribution is -0.122. The van der Waals surface area contributed by atoms with Gasteiger partial charge in [-0.3, -0.25) is 14.5 Å². The number of rotatable bonds is 5. The molecule has 29 heavy (non-hydrogen) atoms. The molecule has 2 fully saturated rings. The quantitative estimate of drug-likeness (QED) is 0.814. The predicted octanol–water partition coefficient (Wildman–Crippen LogP) is 2.74. The van der Waals surface area contributed by atoms with Gasteiger partial charge in [0.25, 0.3) is 0 Å². The summed E-state index contributed by atoms with van der Waals surface area (Å²) in [4.78, 5) is 33.6. The van der Waals surface area contributed by atoms with Crippen LogP contribution in [-0.4, -0.2) is 53.5 Å². The highest BCUT2D eigenvalue weighted by molar-refractivity contribution is 7.13. The molecule has 0 saturated carbocycles. The molecule has 4 rings (SSSR count). The molecule has 2 aliphatic heterocycles. The average Bonchev–Trinajstić information content (AvgIpc) is 3.28. The highest BCUT2D eigenvalue weighted by Gasteiger charge is 2.35. The lowest BCUT2D eigenvalue weighted by Crippen LogP contribution is -2.44. The van der Waals surface area contributed by atoms with Crippen molar-refractivity contribution >= 4 is 34.0 Å². The number of ether oxygens (including phenoxy) is 1. The third-order valence-corrected chi connectivity index (χ3v) is 6.03. The van der Waals surface area contributed by atoms with Crippen molar-refractivity contribution in [1.82, 2.24) is 9.88 Å². The Morgan fingerprint density at radius 1 is 1.21 bits per heavy atom. The number of nitrogens with zero attached hydrogens (tertiary/aromatic N) is 3. The molecule has 2 aromatic rings. The molecule has 2 aliphatic rings. The Hall–Kier alpha value is -2.29. The smallest absolute Gasteiger partial charge is 0.231 e. The van der Waals surface area contributed by atoms with Crippen LogP contribution in [0.1, 0.15) is 26.0 Å². The van der Waals surface area contributed by atoms with Gasteiger partial charge in [-0.25, -0.2) is 4.98 Å². The van der Waals surface area contributed by atoms with Gasteiger partial charge in [0.05, 0.1) is 23.8 Å². The predicted molar refractivity (Wildman–Crippen MR) is 113 cm³/mol. The van der Waals surface area contributed by atoms with E-state index >= 15 is 0 Å². The zero-order valence-electron chi connectivity index (χ0n) is 16.7. The average molecular weight is 415 g/mol. The number of carbonyl (C=O) groups excluding carboxylic acids is 2. The number of nitrogens with one attached hydrogen (secondary N) is 1. The number of hydrogen-bond donors (Lipinski definition) is 1. The zero-order chi connectivity index (χ0) is 20.4. The fourth-order valence-corrected chi connectivity index (χ4v) is 4.73. The number of para-hydroxylation sites is 1. The second-order valence-corrected chi connectivity index (χ2v) is 8.68. The maximum absolute atomic E-state index is 12.7. The van der Waals surface area contributed by atoms with E-state index in [9.17, 15) is 9.59 Å². The summed E-state index contributed by atoms with van der Waals surface area (Å²) in [7, 11) is 0. The van der Waals surface area contributed by atoms with Gasteiger partial charge in [0.1, 0.15) is 0 Å². The molecule has 0 radical (unpaired) electrons. The maximum Gasteiger partial charge on any atom is 0.231 e. The van der Waals surface area contributed by atoms with E-state index in [-0.39, 0.29) is 36.4 Å². The van der Waals surface area contributed by atoms with Gasteiger partial charge in [0.15, 0.2) is 5.13 Å². The van der Waals surface area contributed by atoms with Crippen molar-refractivity contribution in [3.8, 4) is 0 Å². The third kappa shape index (κ3) is 4.83. The van der Waals surface area contributed by atoms with Crippen LogP contribution in [-0.2, 0) is 20.9 Å². The van der Waals surface area contributed by atoms with E-state index in [4.69, 9.17) is 4.74 Å². The molecule has 2 saturated heterocycles. The normalized spacial score (nSPS) is 25.4. The van der Waals surface area contributed by atoms with E-state index in [1.807, 2.05) is 35.7 Å². The van der Waals surface area contributed by atoms with Crippen molar-refractivity contribution in [1.29, 1.82) is 0 Å². The maximum atomic E-state index is 12.7. The Morgan fingerprint density at radius 2 is 1.93 bits per heavy atom. The van der Waals surface area contributed by atoms with Gasteiger partial charge in [-0.2, -0.15) is 0 Å². The van der Waals surface area contributed by atoms with E-state index < -0.39 is 0 Å². The first kappa shape index (κ1) is 20.0. The van der Waals surface area contributed by atoms with Crippen molar-refractivity contribution < 1.29 is 14.3 Å². The number of thiazole rings is 1. The van der Waals surface area contributed by atoms with E-state index in [0.717, 1.165) is 31.0 Å². The van der Waals surface area contributed by atoms with Crippen molar-refractivity contribution in [2.45, 2.75) is 39.0 Å². The molecule has 0 aliphatic carbocycles. The molecular weight excluding hydrogens is 388 g/mol. The lowest BCUT2D eigenvalue weighted by atomic mass is 10.1. The van der Waals surface area contributed by atoms with Crippen LogP contribution in [0.2, 0.25) is 0 Å². The molecule has 3 heterocycles. The van der Waals surface area contributed by atoms with Gasteiger partial charge in [0, 0.05) is 43.7 Å². The molecular formula is C21H26N4O3S. The Morgan fingerprint density at radius 3 is 2.66 bits per heavy atom. The van der Waals surface area contributed by atoms with Gasteiger partial charge in [-0.1, -0.05) is 18.2 Å². The minimum atomic E-state index is -0.365. The summed E-state index contributed by atoms with van der Waals surface area (Å²) in [6, 6.07) is 9.47. The summed E-state index contributed by atoms with van der Waals surface area (Å²) in [5.41, 5.74) is 1.78. The molecule has 8 heteroatoms. The molecule has 0 spiro atoms. The molecule has 3 unspecified atom stereocenters. The van der Waals surface area contributed by atoms with Crippen LogP contribution in [0.5, 0.6) is 0 Å². The molecule has 1 N–H and O–H groups in total. The summed E-state index contributed by atoms with van der Waals surface area (Å²) in [5, 5.41) is 5.47. The number of carbonyl (C=O) groups is 2. The van der Waals surface area contributed by atoms with E-state index in [1.165, 1.54) is 11.3 Å². The SMILES string of the molecule is CC1CN(Cc2csc(NC(=O)C3CC(=O)N(c4ccccc4)C3)n2)CC(C)O1. The van der Waals surface area contributed by atoms with Gasteiger partial charge in [-0.05, 0) is 26.0 Å². The molecule has 3 atom stereocenters. The molecule has 1 aromatic carbocycles. The second kappa shape index (κ2) is 8.61. The van der Waals surface area contributed by atoms with Crippen LogP contribution in [0.15, 0.2) is 35.7 Å². The number of aromatic nitrogens is 1. The van der Waals surface area contributed by atoms with Gasteiger partial charge >= 0.3 is 0 Å². The summed E-state index contributed by atoms with van der Waals surface area (Å²) < 4.78 is 5.77. The molecule has 0 bridgehead atoms. The molecule has 7 nitrogen and oxygen atoms in total. The monoisotopic (exact) mass is 414 g/mol. The highest BCUT2D eigenvalue weighted by atomic mass is 32.1. The molecule has 2 amide bonds. The van der Waals surface area contributed by atoms with Gasteiger partial charge in [0.2, 0.25) is 11.8 Å². The number of amides is 2. The fraction of sp³-hybridized carbons (Fsp3) is 0.476.